The molecule has 43 heavy (non-hydrogen) atoms. The first-order chi connectivity index (χ1) is 21.0. The number of carbonyl (C=O) groups is 3. The number of hydrogen-bond donors (Lipinski definition) is 2. The fourth-order valence-electron chi connectivity index (χ4n) is 5.65. The molecule has 0 aliphatic carbocycles. The largest absolute Gasteiger partial charge is 0.480 e. The van der Waals surface area contributed by atoms with Gasteiger partial charge in [-0.1, -0.05) is 181 Å². The fourth-order valence-corrected chi connectivity index (χ4v) is 5.65. The van der Waals surface area contributed by atoms with Gasteiger partial charge in [-0.3, -0.25) is 9.59 Å². The highest BCUT2D eigenvalue weighted by Gasteiger charge is 2.23. The Hall–Kier alpha value is -1.59. The Balaban J connectivity index is 3.59. The van der Waals surface area contributed by atoms with Crippen molar-refractivity contribution in [3.8, 4) is 0 Å². The standard InChI is InChI=1S/C37H71NO5/c1-3-5-7-9-11-13-15-16-17-18-19-20-21-22-24-26-28-30-32-43-36(40)33-34(37(41)42)38-35(39)31-29-27-25-23-14-12-10-8-6-4-2/h34H,3-33H2,1-2H3,(H,38,39)(H,41,42)/t34-/m0/s1. The maximum atomic E-state index is 12.2. The number of nitrogens with one attached hydrogen (secondary N) is 1. The SMILES string of the molecule is CCCCCCCCCCCCCCCCCCCCOC(=O)C[C@H](NC(=O)CCCCCCCCCCCC)C(=O)O. The summed E-state index contributed by atoms with van der Waals surface area (Å²) in [6, 6.07) is -1.22. The number of amides is 1. The van der Waals surface area contributed by atoms with Crippen LogP contribution in [-0.4, -0.2) is 35.6 Å². The maximum absolute atomic E-state index is 12.2. The molecule has 0 bridgehead atoms. The van der Waals surface area contributed by atoms with Crippen molar-refractivity contribution < 1.29 is 24.2 Å². The number of aliphatic carboxylic acids is 1. The van der Waals surface area contributed by atoms with E-state index in [1.807, 2.05) is 0 Å². The number of hydrogen-bond acceptors (Lipinski definition) is 4. The lowest BCUT2D eigenvalue weighted by Crippen LogP contribution is -2.42. The molecule has 0 unspecified atom stereocenters. The van der Waals surface area contributed by atoms with Crippen LogP contribution in [0.1, 0.15) is 206 Å². The van der Waals surface area contributed by atoms with Gasteiger partial charge in [-0.15, -0.1) is 0 Å². The third-order valence-corrected chi connectivity index (χ3v) is 8.52. The molecule has 0 heterocycles. The van der Waals surface area contributed by atoms with Crippen molar-refractivity contribution in [2.24, 2.45) is 0 Å². The first kappa shape index (κ1) is 41.4. The van der Waals surface area contributed by atoms with Crippen molar-refractivity contribution in [3.63, 3.8) is 0 Å². The normalized spacial score (nSPS) is 11.9. The van der Waals surface area contributed by atoms with Gasteiger partial charge >= 0.3 is 11.9 Å². The first-order valence-electron chi connectivity index (χ1n) is 18.7. The Labute approximate surface area is 266 Å². The maximum Gasteiger partial charge on any atom is 0.326 e. The number of carboxylic acids is 1. The monoisotopic (exact) mass is 610 g/mol. The second-order valence-electron chi connectivity index (χ2n) is 12.8. The highest BCUT2D eigenvalue weighted by Crippen LogP contribution is 2.15. The van der Waals surface area contributed by atoms with Gasteiger partial charge in [-0.2, -0.15) is 0 Å². The second-order valence-corrected chi connectivity index (χ2v) is 12.8. The Kier molecular flexibility index (Phi) is 32.1. The molecule has 0 saturated carbocycles. The molecule has 2 N–H and O–H groups in total. The molecule has 0 saturated heterocycles. The quantitative estimate of drug-likeness (QED) is 0.0559. The number of esters is 1. The lowest BCUT2D eigenvalue weighted by Gasteiger charge is -2.14. The molecule has 0 aromatic carbocycles. The number of carbonyl (C=O) groups excluding carboxylic acids is 2. The topological polar surface area (TPSA) is 92.7 Å². The minimum Gasteiger partial charge on any atom is -0.480 e. The van der Waals surface area contributed by atoms with E-state index in [0.29, 0.717) is 13.0 Å². The summed E-state index contributed by atoms with van der Waals surface area (Å²) in [6.07, 6.45) is 35.3. The van der Waals surface area contributed by atoms with E-state index >= 15 is 0 Å². The van der Waals surface area contributed by atoms with Crippen LogP contribution in [0, 0.1) is 0 Å². The molecule has 0 aromatic rings. The summed E-state index contributed by atoms with van der Waals surface area (Å²) >= 11 is 0. The zero-order chi connectivity index (χ0) is 31.6. The molecular weight excluding hydrogens is 538 g/mol. The lowest BCUT2D eigenvalue weighted by molar-refractivity contribution is -0.150. The lowest BCUT2D eigenvalue weighted by atomic mass is 10.0. The molecule has 0 rings (SSSR count). The van der Waals surface area contributed by atoms with Gasteiger partial charge in [0.25, 0.3) is 0 Å². The van der Waals surface area contributed by atoms with Crippen LogP contribution in [0.5, 0.6) is 0 Å². The van der Waals surface area contributed by atoms with E-state index in [4.69, 9.17) is 4.74 Å². The van der Waals surface area contributed by atoms with Gasteiger partial charge in [-0.05, 0) is 12.8 Å². The summed E-state index contributed by atoms with van der Waals surface area (Å²) in [4.78, 5) is 35.9. The van der Waals surface area contributed by atoms with Gasteiger partial charge in [0.15, 0.2) is 0 Å². The number of rotatable bonds is 34. The summed E-state index contributed by atoms with van der Waals surface area (Å²) in [5.41, 5.74) is 0. The van der Waals surface area contributed by atoms with Crippen LogP contribution >= 0.6 is 0 Å². The van der Waals surface area contributed by atoms with E-state index in [-0.39, 0.29) is 12.3 Å². The average molecular weight is 610 g/mol. The second kappa shape index (κ2) is 33.3. The van der Waals surface area contributed by atoms with Crippen LogP contribution in [0.2, 0.25) is 0 Å². The average Bonchev–Trinajstić information content (AvgIpc) is 2.98. The van der Waals surface area contributed by atoms with Crippen LogP contribution in [0.25, 0.3) is 0 Å². The molecule has 254 valence electrons. The van der Waals surface area contributed by atoms with E-state index < -0.39 is 18.0 Å². The zero-order valence-corrected chi connectivity index (χ0v) is 28.6. The van der Waals surface area contributed by atoms with Crippen molar-refractivity contribution in [3.05, 3.63) is 0 Å². The molecule has 1 amide bonds. The van der Waals surface area contributed by atoms with Crippen molar-refractivity contribution in [1.29, 1.82) is 0 Å². The summed E-state index contributed by atoms with van der Waals surface area (Å²) in [5.74, 6) is -2.05. The summed E-state index contributed by atoms with van der Waals surface area (Å²) in [6.45, 7) is 4.82. The summed E-state index contributed by atoms with van der Waals surface area (Å²) < 4.78 is 5.25. The van der Waals surface area contributed by atoms with Crippen molar-refractivity contribution in [2.75, 3.05) is 6.61 Å². The number of carboxylic acid groups (broad SMARTS) is 1. The zero-order valence-electron chi connectivity index (χ0n) is 28.6. The molecule has 0 aromatic heterocycles. The summed E-state index contributed by atoms with van der Waals surface area (Å²) in [7, 11) is 0. The van der Waals surface area contributed by atoms with Gasteiger partial charge in [-0.25, -0.2) is 4.79 Å². The molecular formula is C37H71NO5. The van der Waals surface area contributed by atoms with Crippen LogP contribution in [0.4, 0.5) is 0 Å². The molecule has 0 fully saturated rings. The van der Waals surface area contributed by atoms with Gasteiger partial charge in [0.1, 0.15) is 6.04 Å². The minimum absolute atomic E-state index is 0.300. The summed E-state index contributed by atoms with van der Waals surface area (Å²) in [5, 5.41) is 11.9. The Bertz CT molecular complexity index is 638. The predicted octanol–water partition coefficient (Wildman–Crippen LogP) is 10.8. The number of unbranched alkanes of at least 4 members (excludes halogenated alkanes) is 26. The number of ether oxygens (including phenoxy) is 1. The highest BCUT2D eigenvalue weighted by molar-refractivity contribution is 5.87. The molecule has 0 aliphatic heterocycles. The Morgan fingerprint density at radius 3 is 1.19 bits per heavy atom. The third kappa shape index (κ3) is 31.6. The van der Waals surface area contributed by atoms with E-state index in [2.05, 4.69) is 19.2 Å². The van der Waals surface area contributed by atoms with E-state index in [0.717, 1.165) is 38.5 Å². The van der Waals surface area contributed by atoms with Gasteiger partial charge in [0.05, 0.1) is 13.0 Å². The van der Waals surface area contributed by atoms with Crippen LogP contribution < -0.4 is 5.32 Å². The van der Waals surface area contributed by atoms with E-state index in [1.54, 1.807) is 0 Å². The molecule has 6 heteroatoms. The van der Waals surface area contributed by atoms with E-state index in [9.17, 15) is 19.5 Å². The van der Waals surface area contributed by atoms with Gasteiger partial charge < -0.3 is 15.2 Å². The predicted molar refractivity (Wildman–Crippen MR) is 180 cm³/mol. The highest BCUT2D eigenvalue weighted by atomic mass is 16.5. The first-order valence-corrected chi connectivity index (χ1v) is 18.7. The van der Waals surface area contributed by atoms with Crippen molar-refractivity contribution >= 4 is 17.8 Å². The molecule has 0 radical (unpaired) electrons. The smallest absolute Gasteiger partial charge is 0.326 e. The van der Waals surface area contributed by atoms with E-state index in [1.165, 1.54) is 141 Å². The molecule has 6 nitrogen and oxygen atoms in total. The van der Waals surface area contributed by atoms with Crippen LogP contribution in [-0.2, 0) is 19.1 Å². The van der Waals surface area contributed by atoms with Crippen molar-refractivity contribution in [2.45, 2.75) is 213 Å². The van der Waals surface area contributed by atoms with Crippen LogP contribution in [0.3, 0.4) is 0 Å². The third-order valence-electron chi connectivity index (χ3n) is 8.52. The molecule has 0 aliphatic rings. The van der Waals surface area contributed by atoms with Crippen molar-refractivity contribution in [1.82, 2.24) is 5.32 Å². The Morgan fingerprint density at radius 1 is 0.512 bits per heavy atom. The molecule has 0 spiro atoms. The van der Waals surface area contributed by atoms with Gasteiger partial charge in [0, 0.05) is 6.42 Å². The van der Waals surface area contributed by atoms with Gasteiger partial charge in [0.2, 0.25) is 5.91 Å². The fraction of sp³-hybridized carbons (Fsp3) is 0.919. The minimum atomic E-state index is -1.22. The Morgan fingerprint density at radius 2 is 0.837 bits per heavy atom. The molecule has 1 atom stereocenters. The van der Waals surface area contributed by atoms with Crippen LogP contribution in [0.15, 0.2) is 0 Å².